The maximum absolute atomic E-state index is 9.11. The monoisotopic (exact) mass is 298 g/mol. The Morgan fingerprint density at radius 3 is 2.88 bits per heavy atom. The van der Waals surface area contributed by atoms with Crippen LogP contribution in [0, 0.1) is 11.3 Å². The van der Waals surface area contributed by atoms with E-state index < -0.39 is 5.54 Å². The fraction of sp³-hybridized carbons (Fsp3) is 0.417. The van der Waals surface area contributed by atoms with Gasteiger partial charge >= 0.3 is 0 Å². The number of halogens is 1. The van der Waals surface area contributed by atoms with Crippen molar-refractivity contribution in [1.29, 1.82) is 5.26 Å². The molecule has 4 heteroatoms. The summed E-state index contributed by atoms with van der Waals surface area (Å²) in [5.74, 6) is 0.744. The van der Waals surface area contributed by atoms with Gasteiger partial charge in [-0.05, 0) is 31.7 Å². The highest BCUT2D eigenvalue weighted by Crippen LogP contribution is 2.25. The molecule has 0 saturated heterocycles. The third-order valence-electron chi connectivity index (χ3n) is 2.14. The highest BCUT2D eigenvalue weighted by Gasteiger charge is 2.22. The predicted octanol–water partition coefficient (Wildman–Crippen LogP) is 3.43. The highest BCUT2D eigenvalue weighted by atomic mass is 79.9. The number of nitrogens with zero attached hydrogens (tertiary/aromatic N) is 1. The maximum atomic E-state index is 9.11. The summed E-state index contributed by atoms with van der Waals surface area (Å²) < 4.78 is 1.07. The average molecular weight is 299 g/mol. The smallest absolute Gasteiger partial charge is 0.113 e. The number of benzene rings is 1. The van der Waals surface area contributed by atoms with E-state index in [2.05, 4.69) is 39.4 Å². The Kier molecular flexibility index (Phi) is 5.33. The Bertz CT molecular complexity index is 389. The number of thioether (sulfide) groups is 1. The largest absolute Gasteiger partial charge is 0.299 e. The second-order valence-corrected chi connectivity index (χ2v) is 5.68. The lowest BCUT2D eigenvalue weighted by molar-refractivity contribution is 0.511. The molecule has 0 heterocycles. The van der Waals surface area contributed by atoms with Gasteiger partial charge < -0.3 is 0 Å². The molecule has 0 saturated carbocycles. The van der Waals surface area contributed by atoms with Gasteiger partial charge in [-0.1, -0.05) is 28.9 Å². The van der Waals surface area contributed by atoms with Crippen molar-refractivity contribution in [3.63, 3.8) is 0 Å². The molecule has 2 nitrogen and oxygen atoms in total. The first-order valence-corrected chi connectivity index (χ1v) is 6.92. The molecule has 1 rings (SSSR count). The lowest BCUT2D eigenvalue weighted by Gasteiger charge is -2.21. The van der Waals surface area contributed by atoms with Crippen LogP contribution in [-0.2, 0) is 0 Å². The summed E-state index contributed by atoms with van der Waals surface area (Å²) in [6, 6.07) is 10.4. The number of hydrogen-bond acceptors (Lipinski definition) is 3. The van der Waals surface area contributed by atoms with Crippen LogP contribution in [0.5, 0.6) is 0 Å². The van der Waals surface area contributed by atoms with Crippen LogP contribution < -0.4 is 5.32 Å². The van der Waals surface area contributed by atoms with Crippen molar-refractivity contribution in [3.05, 3.63) is 28.7 Å². The van der Waals surface area contributed by atoms with E-state index in [0.717, 1.165) is 16.8 Å². The Hall–Kier alpha value is -0.500. The van der Waals surface area contributed by atoms with Gasteiger partial charge in [0.25, 0.3) is 0 Å². The summed E-state index contributed by atoms with van der Waals surface area (Å²) in [5, 5.41) is 12.3. The van der Waals surface area contributed by atoms with Crippen molar-refractivity contribution in [2.24, 2.45) is 0 Å². The molecule has 0 aliphatic carbocycles. The summed E-state index contributed by atoms with van der Waals surface area (Å²) in [4.78, 5) is 1.17. The lowest BCUT2D eigenvalue weighted by Crippen LogP contribution is -2.43. The van der Waals surface area contributed by atoms with Crippen molar-refractivity contribution >= 4 is 27.7 Å². The molecule has 1 aromatic rings. The van der Waals surface area contributed by atoms with E-state index >= 15 is 0 Å². The fourth-order valence-corrected chi connectivity index (χ4v) is 2.86. The van der Waals surface area contributed by atoms with Gasteiger partial charge in [-0.2, -0.15) is 5.26 Å². The van der Waals surface area contributed by atoms with Crippen LogP contribution in [0.3, 0.4) is 0 Å². The topological polar surface area (TPSA) is 35.8 Å². The van der Waals surface area contributed by atoms with E-state index in [1.54, 1.807) is 11.8 Å². The average Bonchev–Trinajstić information content (AvgIpc) is 2.27. The van der Waals surface area contributed by atoms with Gasteiger partial charge in [-0.3, -0.25) is 5.32 Å². The van der Waals surface area contributed by atoms with E-state index in [0.29, 0.717) is 0 Å². The maximum Gasteiger partial charge on any atom is 0.113 e. The molecule has 1 atom stereocenters. The van der Waals surface area contributed by atoms with Crippen LogP contribution in [0.25, 0.3) is 0 Å². The van der Waals surface area contributed by atoms with E-state index in [9.17, 15) is 0 Å². The molecule has 1 aromatic carbocycles. The Balaban J connectivity index is 2.60. The van der Waals surface area contributed by atoms with Gasteiger partial charge in [-0.25, -0.2) is 0 Å². The standard InChI is InChI=1S/C12H15BrN2S/c1-3-15-12(2,8-14)9-16-11-6-4-5-10(13)7-11/h4-7,15H,3,9H2,1-2H3. The van der Waals surface area contributed by atoms with Crippen molar-refractivity contribution in [3.8, 4) is 6.07 Å². The molecule has 0 bridgehead atoms. The molecule has 0 radical (unpaired) electrons. The summed E-state index contributed by atoms with van der Waals surface area (Å²) in [6.45, 7) is 4.75. The zero-order valence-electron chi connectivity index (χ0n) is 9.46. The normalized spacial score (nSPS) is 14.1. The van der Waals surface area contributed by atoms with Gasteiger partial charge in [0.1, 0.15) is 5.54 Å². The van der Waals surface area contributed by atoms with Crippen molar-refractivity contribution in [2.45, 2.75) is 24.3 Å². The van der Waals surface area contributed by atoms with E-state index in [-0.39, 0.29) is 0 Å². The minimum atomic E-state index is -0.457. The summed E-state index contributed by atoms with van der Waals surface area (Å²) in [6.07, 6.45) is 0. The molecule has 86 valence electrons. The second-order valence-electron chi connectivity index (χ2n) is 3.72. The van der Waals surface area contributed by atoms with Gasteiger partial charge in [0.05, 0.1) is 6.07 Å². The molecule has 1 unspecified atom stereocenters. The number of nitrogens with one attached hydrogen (secondary N) is 1. The summed E-state index contributed by atoms with van der Waals surface area (Å²) in [7, 11) is 0. The molecule has 0 fully saturated rings. The minimum Gasteiger partial charge on any atom is -0.299 e. The van der Waals surface area contributed by atoms with Crippen LogP contribution >= 0.6 is 27.7 Å². The molecule has 0 aliphatic heterocycles. The van der Waals surface area contributed by atoms with E-state index in [1.807, 2.05) is 26.0 Å². The van der Waals surface area contributed by atoms with Gasteiger partial charge in [0.2, 0.25) is 0 Å². The number of rotatable bonds is 5. The highest BCUT2D eigenvalue weighted by molar-refractivity contribution is 9.10. The lowest BCUT2D eigenvalue weighted by atomic mass is 10.1. The van der Waals surface area contributed by atoms with Gasteiger partial charge in [0, 0.05) is 15.1 Å². The van der Waals surface area contributed by atoms with Crippen LogP contribution in [0.2, 0.25) is 0 Å². The predicted molar refractivity (Wildman–Crippen MR) is 72.6 cm³/mol. The first-order valence-electron chi connectivity index (χ1n) is 5.14. The first-order chi connectivity index (χ1) is 7.59. The van der Waals surface area contributed by atoms with Crippen LogP contribution in [0.1, 0.15) is 13.8 Å². The molecular formula is C12H15BrN2S. The molecule has 0 aliphatic rings. The second kappa shape index (κ2) is 6.29. The van der Waals surface area contributed by atoms with Crippen molar-refractivity contribution in [1.82, 2.24) is 5.32 Å². The molecule has 0 aromatic heterocycles. The van der Waals surface area contributed by atoms with Crippen LogP contribution in [0.15, 0.2) is 33.6 Å². The number of nitriles is 1. The summed E-state index contributed by atoms with van der Waals surface area (Å²) >= 11 is 5.13. The third-order valence-corrected chi connectivity index (χ3v) is 3.94. The third kappa shape index (κ3) is 4.17. The summed E-state index contributed by atoms with van der Waals surface area (Å²) in [5.41, 5.74) is -0.457. The Morgan fingerprint density at radius 2 is 2.31 bits per heavy atom. The minimum absolute atomic E-state index is 0.457. The first kappa shape index (κ1) is 13.6. The van der Waals surface area contributed by atoms with E-state index in [4.69, 9.17) is 5.26 Å². The van der Waals surface area contributed by atoms with E-state index in [1.165, 1.54) is 4.90 Å². The zero-order chi connectivity index (χ0) is 12.0. The molecule has 0 amide bonds. The van der Waals surface area contributed by atoms with Crippen molar-refractivity contribution < 1.29 is 0 Å². The molecule has 0 spiro atoms. The fourth-order valence-electron chi connectivity index (χ4n) is 1.30. The zero-order valence-corrected chi connectivity index (χ0v) is 11.9. The Labute approximate surface area is 110 Å². The quantitative estimate of drug-likeness (QED) is 0.846. The molecule has 16 heavy (non-hydrogen) atoms. The molecular weight excluding hydrogens is 284 g/mol. The molecule has 1 N–H and O–H groups in total. The van der Waals surface area contributed by atoms with Gasteiger partial charge in [-0.15, -0.1) is 11.8 Å². The Morgan fingerprint density at radius 1 is 1.56 bits per heavy atom. The number of hydrogen-bond donors (Lipinski definition) is 1. The van der Waals surface area contributed by atoms with Crippen molar-refractivity contribution in [2.75, 3.05) is 12.3 Å². The van der Waals surface area contributed by atoms with Crippen LogP contribution in [0.4, 0.5) is 0 Å². The SMILES string of the molecule is CCNC(C)(C#N)CSc1cccc(Br)c1. The van der Waals surface area contributed by atoms with Crippen LogP contribution in [-0.4, -0.2) is 17.8 Å². The van der Waals surface area contributed by atoms with Gasteiger partial charge in [0.15, 0.2) is 0 Å².